The van der Waals surface area contributed by atoms with E-state index in [1.54, 1.807) is 13.0 Å². The van der Waals surface area contributed by atoms with Crippen molar-refractivity contribution in [2.75, 3.05) is 12.4 Å². The summed E-state index contributed by atoms with van der Waals surface area (Å²) < 4.78 is 5.68. The van der Waals surface area contributed by atoms with Crippen molar-refractivity contribution >= 4 is 28.9 Å². The summed E-state index contributed by atoms with van der Waals surface area (Å²) in [4.78, 5) is 28.4. The molecule has 1 aromatic carbocycles. The number of aliphatic hydroxyl groups is 1. The number of oxime groups is 1. The molecule has 1 N–H and O–H groups in total. The number of hydrogen-bond donors (Lipinski definition) is 1. The molecule has 1 aliphatic rings. The number of aliphatic hydroxyl groups excluding tert-OH is 1. The number of hydrogen-bond acceptors (Lipinski definition) is 8. The van der Waals surface area contributed by atoms with Crippen molar-refractivity contribution in [3.63, 3.8) is 0 Å². The molecule has 0 amide bonds. The number of nitro benzene ring substituents is 1. The lowest BCUT2D eigenvalue weighted by molar-refractivity contribution is -0.384. The Kier molecular flexibility index (Phi) is 10.0. The number of non-ortho nitro benzene ring substituents is 1. The molecule has 0 radical (unpaired) electrons. The van der Waals surface area contributed by atoms with E-state index in [-0.39, 0.29) is 35.9 Å². The van der Waals surface area contributed by atoms with Crippen LogP contribution < -0.4 is 4.74 Å². The van der Waals surface area contributed by atoms with Crippen LogP contribution in [0.1, 0.15) is 47.0 Å². The number of carbonyl (C=O) groups is 1. The molecule has 0 bridgehead atoms. The van der Waals surface area contributed by atoms with E-state index >= 15 is 0 Å². The first-order valence-corrected chi connectivity index (χ1v) is 11.9. The summed E-state index contributed by atoms with van der Waals surface area (Å²) in [6.45, 7) is 8.03. The van der Waals surface area contributed by atoms with E-state index in [0.717, 1.165) is 12.2 Å². The first-order valence-electron chi connectivity index (χ1n) is 10.9. The summed E-state index contributed by atoms with van der Waals surface area (Å²) >= 11 is 1.85. The van der Waals surface area contributed by atoms with Crippen LogP contribution in [0.2, 0.25) is 0 Å². The second-order valence-electron chi connectivity index (χ2n) is 7.87. The van der Waals surface area contributed by atoms with Gasteiger partial charge in [-0.15, -0.1) is 0 Å². The lowest BCUT2D eigenvalue weighted by Gasteiger charge is -2.26. The van der Waals surface area contributed by atoms with Crippen LogP contribution in [0.4, 0.5) is 5.69 Å². The lowest BCUT2D eigenvalue weighted by atomic mass is 9.81. The van der Waals surface area contributed by atoms with Crippen LogP contribution in [0.3, 0.4) is 0 Å². The standard InChI is InChI=1S/C23H32N2O6S/c1-5-20(23-21(26)12-17(13-22(23)27)11-16(4)32-6-2)24-30-14-15(3)31-19-9-7-18(8-10-19)25(28)29/h7-10,12,15-17,23,26H,5-6,11,13-14H2,1-4H3/b24-20+. The van der Waals surface area contributed by atoms with Crippen molar-refractivity contribution in [1.82, 2.24) is 0 Å². The molecule has 4 unspecified atom stereocenters. The van der Waals surface area contributed by atoms with Crippen molar-refractivity contribution in [3.05, 3.63) is 46.2 Å². The molecule has 32 heavy (non-hydrogen) atoms. The van der Waals surface area contributed by atoms with Gasteiger partial charge in [-0.05, 0) is 49.6 Å². The average molecular weight is 465 g/mol. The molecular weight excluding hydrogens is 432 g/mol. The summed E-state index contributed by atoms with van der Waals surface area (Å²) in [5.41, 5.74) is 0.477. The van der Waals surface area contributed by atoms with Crippen LogP contribution in [0, 0.1) is 22.0 Å². The van der Waals surface area contributed by atoms with E-state index in [9.17, 15) is 20.0 Å². The first-order chi connectivity index (χ1) is 15.2. The highest BCUT2D eigenvalue weighted by Gasteiger charge is 2.34. The van der Waals surface area contributed by atoms with Gasteiger partial charge >= 0.3 is 0 Å². The van der Waals surface area contributed by atoms with E-state index in [4.69, 9.17) is 9.57 Å². The monoisotopic (exact) mass is 464 g/mol. The van der Waals surface area contributed by atoms with Crippen LogP contribution in [0.25, 0.3) is 0 Å². The van der Waals surface area contributed by atoms with Crippen molar-refractivity contribution in [2.45, 2.75) is 58.3 Å². The van der Waals surface area contributed by atoms with Crippen LogP contribution in [0.5, 0.6) is 5.75 Å². The molecule has 9 heteroatoms. The molecular formula is C23H32N2O6S. The molecule has 176 valence electrons. The zero-order valence-corrected chi connectivity index (χ0v) is 19.8. The number of Topliss-reactive ketones (excluding diaryl/α,β-unsaturated/α-hetero) is 1. The number of ether oxygens (including phenoxy) is 1. The van der Waals surface area contributed by atoms with E-state index in [1.165, 1.54) is 24.3 Å². The Labute approximate surface area is 193 Å². The summed E-state index contributed by atoms with van der Waals surface area (Å²) in [5.74, 6) is 0.813. The number of ketones is 1. The second kappa shape index (κ2) is 12.5. The maximum absolute atomic E-state index is 12.8. The van der Waals surface area contributed by atoms with Crippen molar-refractivity contribution < 1.29 is 24.4 Å². The highest BCUT2D eigenvalue weighted by molar-refractivity contribution is 7.99. The number of benzene rings is 1. The predicted octanol–water partition coefficient (Wildman–Crippen LogP) is 5.32. The van der Waals surface area contributed by atoms with Crippen LogP contribution >= 0.6 is 11.8 Å². The van der Waals surface area contributed by atoms with Crippen LogP contribution in [-0.4, -0.2) is 45.2 Å². The number of rotatable bonds is 12. The third kappa shape index (κ3) is 7.55. The quantitative estimate of drug-likeness (QED) is 0.253. The van der Waals surface area contributed by atoms with Gasteiger partial charge in [0.2, 0.25) is 0 Å². The van der Waals surface area contributed by atoms with Crippen LogP contribution in [-0.2, 0) is 9.63 Å². The maximum Gasteiger partial charge on any atom is 0.269 e. The van der Waals surface area contributed by atoms with Gasteiger partial charge in [0.15, 0.2) is 6.61 Å². The predicted molar refractivity (Wildman–Crippen MR) is 126 cm³/mol. The SMILES string of the molecule is CCSC(C)CC1C=C(O)C(/C(CC)=N/OCC(C)Oc2ccc([N+](=O)[O-])cc2)C(=O)C1. The minimum atomic E-state index is -0.753. The molecule has 4 atom stereocenters. The Morgan fingerprint density at radius 1 is 1.31 bits per heavy atom. The van der Waals surface area contributed by atoms with Gasteiger partial charge in [0.25, 0.3) is 5.69 Å². The topological polar surface area (TPSA) is 111 Å². The maximum atomic E-state index is 12.8. The van der Waals surface area contributed by atoms with Crippen molar-refractivity contribution in [1.29, 1.82) is 0 Å². The molecule has 0 saturated heterocycles. The molecule has 0 aromatic heterocycles. The lowest BCUT2D eigenvalue weighted by Crippen LogP contribution is -2.32. The molecule has 0 saturated carbocycles. The Morgan fingerprint density at radius 2 is 2.00 bits per heavy atom. The van der Waals surface area contributed by atoms with Gasteiger partial charge < -0.3 is 14.7 Å². The number of nitro groups is 1. The fourth-order valence-electron chi connectivity index (χ4n) is 3.68. The number of carbonyl (C=O) groups excluding carboxylic acids is 1. The summed E-state index contributed by atoms with van der Waals surface area (Å²) in [7, 11) is 0. The molecule has 8 nitrogen and oxygen atoms in total. The summed E-state index contributed by atoms with van der Waals surface area (Å²) in [6.07, 6.45) is 3.14. The number of allylic oxidation sites excluding steroid dienone is 2. The van der Waals surface area contributed by atoms with Gasteiger partial charge in [-0.2, -0.15) is 11.8 Å². The third-order valence-corrected chi connectivity index (χ3v) is 6.24. The fourth-order valence-corrected chi connectivity index (χ4v) is 4.64. The molecule has 2 rings (SSSR count). The Bertz CT molecular complexity index is 839. The average Bonchev–Trinajstić information content (AvgIpc) is 2.72. The fraction of sp³-hybridized carbons (Fsp3) is 0.565. The van der Waals surface area contributed by atoms with Gasteiger partial charge in [-0.3, -0.25) is 14.9 Å². The Morgan fingerprint density at radius 3 is 2.56 bits per heavy atom. The van der Waals surface area contributed by atoms with Gasteiger partial charge in [-0.25, -0.2) is 0 Å². The minimum Gasteiger partial charge on any atom is -0.511 e. The Balaban J connectivity index is 1.94. The molecule has 0 aliphatic heterocycles. The van der Waals surface area contributed by atoms with Crippen LogP contribution in [0.15, 0.2) is 41.3 Å². The molecule has 0 heterocycles. The van der Waals surface area contributed by atoms with E-state index < -0.39 is 10.8 Å². The van der Waals surface area contributed by atoms with Crippen molar-refractivity contribution in [2.24, 2.45) is 17.0 Å². The van der Waals surface area contributed by atoms with Gasteiger partial charge in [-0.1, -0.05) is 25.9 Å². The van der Waals surface area contributed by atoms with E-state index in [0.29, 0.717) is 29.6 Å². The van der Waals surface area contributed by atoms with Gasteiger partial charge in [0.05, 0.1) is 10.6 Å². The minimum absolute atomic E-state index is 0.00994. The zero-order chi connectivity index (χ0) is 23.7. The zero-order valence-electron chi connectivity index (χ0n) is 19.0. The van der Waals surface area contributed by atoms with Crippen molar-refractivity contribution in [3.8, 4) is 5.75 Å². The molecule has 1 aromatic rings. The number of nitrogens with zero attached hydrogens (tertiary/aromatic N) is 2. The van der Waals surface area contributed by atoms with E-state index in [1.807, 2.05) is 18.7 Å². The second-order valence-corrected chi connectivity index (χ2v) is 9.58. The van der Waals surface area contributed by atoms with E-state index in [2.05, 4.69) is 19.0 Å². The largest absolute Gasteiger partial charge is 0.511 e. The first kappa shape index (κ1) is 25.7. The third-order valence-electron chi connectivity index (χ3n) is 5.14. The highest BCUT2D eigenvalue weighted by Crippen LogP contribution is 2.31. The number of thioether (sulfide) groups is 1. The van der Waals surface area contributed by atoms with Gasteiger partial charge in [0, 0.05) is 23.8 Å². The highest BCUT2D eigenvalue weighted by atomic mass is 32.2. The smallest absolute Gasteiger partial charge is 0.269 e. The molecule has 0 fully saturated rings. The van der Waals surface area contributed by atoms with Gasteiger partial charge in [0.1, 0.15) is 29.3 Å². The summed E-state index contributed by atoms with van der Waals surface area (Å²) in [6, 6.07) is 5.79. The molecule has 1 aliphatic carbocycles. The summed E-state index contributed by atoms with van der Waals surface area (Å²) in [5, 5.41) is 25.8. The normalized spacial score (nSPS) is 20.9. The molecule has 0 spiro atoms. The Hall–Kier alpha value is -2.55.